The zero-order chi connectivity index (χ0) is 18.5. The molecule has 0 fully saturated rings. The molecule has 0 radical (unpaired) electrons. The van der Waals surface area contributed by atoms with Gasteiger partial charge in [0, 0.05) is 12.6 Å². The normalized spacial score (nSPS) is 19.5. The third-order valence-corrected chi connectivity index (χ3v) is 5.68. The van der Waals surface area contributed by atoms with Gasteiger partial charge in [0.2, 0.25) is 5.91 Å². The molecule has 0 saturated carbocycles. The maximum Gasteiger partial charge on any atom is 0.227 e. The first-order valence-corrected chi connectivity index (χ1v) is 8.81. The van der Waals surface area contributed by atoms with Crippen molar-refractivity contribution in [3.63, 3.8) is 0 Å². The average Bonchev–Trinajstić information content (AvgIpc) is 2.99. The molecular weight excluding hydrogens is 324 g/mol. The largest absolute Gasteiger partial charge is 0.361 e. The number of hydrogen-bond donors (Lipinski definition) is 0. The van der Waals surface area contributed by atoms with Crippen LogP contribution in [0.25, 0.3) is 11.1 Å². The number of amides is 1. The van der Waals surface area contributed by atoms with E-state index in [1.165, 1.54) is 0 Å². The molecule has 3 aromatic rings. The van der Waals surface area contributed by atoms with Crippen molar-refractivity contribution in [3.05, 3.63) is 76.7 Å². The van der Waals surface area contributed by atoms with Crippen molar-refractivity contribution < 1.29 is 9.32 Å². The number of aryl methyl sites for hydroxylation is 2. The summed E-state index contributed by atoms with van der Waals surface area (Å²) in [4.78, 5) is 14.5. The molecule has 4 rings (SSSR count). The van der Waals surface area contributed by atoms with Crippen LogP contribution in [0.3, 0.4) is 0 Å². The lowest BCUT2D eigenvalue weighted by atomic mass is 9.76. The molecule has 1 unspecified atom stereocenters. The Kier molecular flexibility index (Phi) is 3.72. The average molecular weight is 346 g/mol. The number of rotatable bonds is 2. The number of carbonyl (C=O) groups is 1. The lowest BCUT2D eigenvalue weighted by Gasteiger charge is -2.44. The molecule has 0 bridgehead atoms. The van der Waals surface area contributed by atoms with Crippen molar-refractivity contribution in [2.24, 2.45) is 0 Å². The van der Waals surface area contributed by atoms with Gasteiger partial charge < -0.3 is 9.42 Å². The monoisotopic (exact) mass is 346 g/mol. The Morgan fingerprint density at radius 3 is 2.50 bits per heavy atom. The van der Waals surface area contributed by atoms with Crippen LogP contribution in [0.15, 0.2) is 53.1 Å². The van der Waals surface area contributed by atoms with E-state index in [4.69, 9.17) is 4.52 Å². The molecule has 4 nitrogen and oxygen atoms in total. The van der Waals surface area contributed by atoms with E-state index in [1.54, 1.807) is 0 Å². The van der Waals surface area contributed by atoms with Crippen LogP contribution in [-0.2, 0) is 16.8 Å². The van der Waals surface area contributed by atoms with Gasteiger partial charge in [-0.3, -0.25) is 4.79 Å². The summed E-state index contributed by atoms with van der Waals surface area (Å²) in [5.41, 5.74) is 5.81. The topological polar surface area (TPSA) is 46.3 Å². The fourth-order valence-electron chi connectivity index (χ4n) is 4.06. The molecule has 2 aromatic carbocycles. The molecule has 4 heteroatoms. The predicted molar refractivity (Wildman–Crippen MR) is 101 cm³/mol. The van der Waals surface area contributed by atoms with Crippen LogP contribution in [0, 0.1) is 13.8 Å². The number of nitrogens with zero attached hydrogens (tertiary/aromatic N) is 2. The minimum absolute atomic E-state index is 0.133. The van der Waals surface area contributed by atoms with Gasteiger partial charge in [-0.25, -0.2) is 0 Å². The van der Waals surface area contributed by atoms with Gasteiger partial charge in [0.25, 0.3) is 0 Å². The highest BCUT2D eigenvalue weighted by atomic mass is 16.5. The molecule has 132 valence electrons. The van der Waals surface area contributed by atoms with Crippen molar-refractivity contribution in [1.29, 1.82) is 0 Å². The van der Waals surface area contributed by atoms with Crippen LogP contribution < -0.4 is 0 Å². The minimum Gasteiger partial charge on any atom is -0.361 e. The van der Waals surface area contributed by atoms with Crippen molar-refractivity contribution >= 4 is 5.91 Å². The van der Waals surface area contributed by atoms with E-state index in [1.807, 2.05) is 44.0 Å². The number of hydrogen-bond acceptors (Lipinski definition) is 3. The van der Waals surface area contributed by atoms with Crippen molar-refractivity contribution in [2.75, 3.05) is 7.05 Å². The van der Waals surface area contributed by atoms with Gasteiger partial charge in [0.05, 0.1) is 17.7 Å². The van der Waals surface area contributed by atoms with E-state index in [0.717, 1.165) is 39.3 Å². The quantitative estimate of drug-likeness (QED) is 0.697. The van der Waals surface area contributed by atoms with Crippen LogP contribution in [-0.4, -0.2) is 23.0 Å². The third-order valence-electron chi connectivity index (χ3n) is 5.68. The summed E-state index contributed by atoms with van der Waals surface area (Å²) >= 11 is 0. The van der Waals surface area contributed by atoms with Crippen LogP contribution in [0.1, 0.15) is 35.1 Å². The summed E-state index contributed by atoms with van der Waals surface area (Å²) in [6.45, 7) is 6.01. The first-order chi connectivity index (χ1) is 12.4. The molecule has 1 amide bonds. The second kappa shape index (κ2) is 5.84. The van der Waals surface area contributed by atoms with Crippen LogP contribution in [0.5, 0.6) is 0 Å². The summed E-state index contributed by atoms with van der Waals surface area (Å²) in [6.07, 6.45) is 0.427. The Hall–Kier alpha value is -2.88. The Morgan fingerprint density at radius 2 is 1.85 bits per heavy atom. The van der Waals surface area contributed by atoms with Gasteiger partial charge in [0.1, 0.15) is 5.76 Å². The zero-order valence-electron chi connectivity index (χ0n) is 15.5. The standard InChI is InChI=1S/C22H22N2O2/c1-14-21(15(2)26-23-14)17-11-10-16-13-20(25)24(4)22(3,19(16)12-17)18-8-6-5-7-9-18/h5-12H,13H2,1-4H3. The Morgan fingerprint density at radius 1 is 1.12 bits per heavy atom. The number of benzene rings is 2. The second-order valence-corrected chi connectivity index (χ2v) is 7.14. The van der Waals surface area contributed by atoms with E-state index in [-0.39, 0.29) is 5.91 Å². The van der Waals surface area contributed by atoms with Crippen molar-refractivity contribution in [2.45, 2.75) is 32.7 Å². The number of aromatic nitrogens is 1. The van der Waals surface area contributed by atoms with Gasteiger partial charge in [-0.2, -0.15) is 0 Å². The summed E-state index contributed by atoms with van der Waals surface area (Å²) in [7, 11) is 1.89. The molecule has 26 heavy (non-hydrogen) atoms. The molecule has 2 heterocycles. The lowest BCUT2D eigenvalue weighted by Crippen LogP contribution is -2.50. The van der Waals surface area contributed by atoms with E-state index < -0.39 is 5.54 Å². The first kappa shape index (κ1) is 16.6. The Balaban J connectivity index is 1.97. The SMILES string of the molecule is Cc1noc(C)c1-c1ccc2c(c1)C(C)(c1ccccc1)N(C)C(=O)C2. The number of carbonyl (C=O) groups excluding carboxylic acids is 1. The maximum absolute atomic E-state index is 12.7. The molecular formula is C22H22N2O2. The lowest BCUT2D eigenvalue weighted by molar-refractivity contribution is -0.134. The minimum atomic E-state index is -0.513. The van der Waals surface area contributed by atoms with Crippen molar-refractivity contribution in [1.82, 2.24) is 10.1 Å². The molecule has 1 atom stereocenters. The van der Waals surface area contributed by atoms with Crippen LogP contribution in [0.2, 0.25) is 0 Å². The van der Waals surface area contributed by atoms with Gasteiger partial charge in [-0.15, -0.1) is 0 Å². The van der Waals surface area contributed by atoms with Gasteiger partial charge >= 0.3 is 0 Å². The molecule has 0 spiro atoms. The van der Waals surface area contributed by atoms with Gasteiger partial charge in [-0.05, 0) is 49.1 Å². The molecule has 0 saturated heterocycles. The summed E-state index contributed by atoms with van der Waals surface area (Å²) in [6, 6.07) is 16.5. The first-order valence-electron chi connectivity index (χ1n) is 8.81. The van der Waals surface area contributed by atoms with E-state index in [2.05, 4.69) is 42.4 Å². The third kappa shape index (κ3) is 2.29. The fourth-order valence-corrected chi connectivity index (χ4v) is 4.06. The molecule has 1 aromatic heterocycles. The van der Waals surface area contributed by atoms with Crippen LogP contribution in [0.4, 0.5) is 0 Å². The Labute approximate surface area is 153 Å². The van der Waals surface area contributed by atoms with Gasteiger partial charge in [0.15, 0.2) is 0 Å². The van der Waals surface area contributed by atoms with Crippen molar-refractivity contribution in [3.8, 4) is 11.1 Å². The van der Waals surface area contributed by atoms with Crippen LogP contribution >= 0.6 is 0 Å². The molecule has 0 N–H and O–H groups in total. The highest BCUT2D eigenvalue weighted by Crippen LogP contribution is 2.42. The van der Waals surface area contributed by atoms with E-state index in [9.17, 15) is 4.79 Å². The molecule has 1 aliphatic heterocycles. The Bertz CT molecular complexity index is 971. The summed E-state index contributed by atoms with van der Waals surface area (Å²) in [5.74, 6) is 0.943. The second-order valence-electron chi connectivity index (χ2n) is 7.14. The molecule has 1 aliphatic rings. The highest BCUT2D eigenvalue weighted by molar-refractivity contribution is 5.84. The fraction of sp³-hybridized carbons (Fsp3) is 0.273. The zero-order valence-corrected chi connectivity index (χ0v) is 15.5. The van der Waals surface area contributed by atoms with E-state index >= 15 is 0 Å². The number of likely N-dealkylation sites (N-methyl/N-ethyl adjacent to an activating group) is 1. The smallest absolute Gasteiger partial charge is 0.227 e. The maximum atomic E-state index is 12.7. The summed E-state index contributed by atoms with van der Waals surface area (Å²) in [5, 5.41) is 4.09. The van der Waals surface area contributed by atoms with Gasteiger partial charge in [-0.1, -0.05) is 47.6 Å². The van der Waals surface area contributed by atoms with E-state index in [0.29, 0.717) is 6.42 Å². The number of fused-ring (bicyclic) bond motifs is 1. The predicted octanol–water partition coefficient (Wildman–Crippen LogP) is 4.24. The molecule has 0 aliphatic carbocycles. The highest BCUT2D eigenvalue weighted by Gasteiger charge is 2.41. The summed E-state index contributed by atoms with van der Waals surface area (Å²) < 4.78 is 5.35.